The number of carbonyl (C=O) groups excluding carboxylic acids is 1. The predicted octanol–water partition coefficient (Wildman–Crippen LogP) is 4.48. The molecule has 1 amide bonds. The average Bonchev–Trinajstić information content (AvgIpc) is 2.47. The van der Waals surface area contributed by atoms with Gasteiger partial charge in [0.1, 0.15) is 17.2 Å². The Hall–Kier alpha value is -2.23. The molecule has 4 heteroatoms. The van der Waals surface area contributed by atoms with Gasteiger partial charge in [0.05, 0.1) is 6.04 Å². The molecule has 116 valence electrons. The van der Waals surface area contributed by atoms with Gasteiger partial charge in [0.25, 0.3) is 5.91 Å². The van der Waals surface area contributed by atoms with Crippen LogP contribution in [0.5, 0.6) is 0 Å². The smallest absolute Gasteiger partial charge is 0.257 e. The van der Waals surface area contributed by atoms with E-state index in [2.05, 4.69) is 5.32 Å². The summed E-state index contributed by atoms with van der Waals surface area (Å²) in [5.74, 6) is -2.11. The van der Waals surface area contributed by atoms with Crippen molar-refractivity contribution in [1.82, 2.24) is 5.32 Å². The summed E-state index contributed by atoms with van der Waals surface area (Å²) in [5.41, 5.74) is 0.383. The van der Waals surface area contributed by atoms with Crippen molar-refractivity contribution >= 4 is 5.91 Å². The minimum Gasteiger partial charge on any atom is -0.345 e. The van der Waals surface area contributed by atoms with Gasteiger partial charge in [-0.05, 0) is 30.0 Å². The highest BCUT2D eigenvalue weighted by molar-refractivity contribution is 5.95. The molecule has 0 aromatic heterocycles. The maximum atomic E-state index is 13.7. The van der Waals surface area contributed by atoms with Crippen molar-refractivity contribution in [1.29, 1.82) is 0 Å². The van der Waals surface area contributed by atoms with Crippen molar-refractivity contribution in [3.8, 4) is 0 Å². The zero-order valence-electron chi connectivity index (χ0n) is 12.6. The molecule has 1 N–H and O–H groups in total. The SMILES string of the molecule is CC(C)CC(NC(=O)c1c(F)cccc1F)c1ccccc1. The van der Waals surface area contributed by atoms with Crippen LogP contribution in [0.1, 0.15) is 42.2 Å². The highest BCUT2D eigenvalue weighted by atomic mass is 19.1. The third-order valence-corrected chi connectivity index (χ3v) is 3.40. The Balaban J connectivity index is 2.25. The molecular weight excluding hydrogens is 284 g/mol. The summed E-state index contributed by atoms with van der Waals surface area (Å²) in [5, 5.41) is 2.74. The van der Waals surface area contributed by atoms with E-state index in [1.54, 1.807) is 0 Å². The number of benzene rings is 2. The molecule has 0 aliphatic heterocycles. The van der Waals surface area contributed by atoms with Crippen LogP contribution in [0.15, 0.2) is 48.5 Å². The minimum absolute atomic E-state index is 0.285. The molecule has 0 bridgehead atoms. The maximum Gasteiger partial charge on any atom is 0.257 e. The molecule has 0 spiro atoms. The molecule has 1 unspecified atom stereocenters. The molecule has 0 heterocycles. The van der Waals surface area contributed by atoms with Gasteiger partial charge in [-0.15, -0.1) is 0 Å². The highest BCUT2D eigenvalue weighted by Gasteiger charge is 2.21. The third kappa shape index (κ3) is 3.91. The molecule has 0 aliphatic carbocycles. The second-order valence-corrected chi connectivity index (χ2v) is 5.66. The first-order chi connectivity index (χ1) is 10.5. The summed E-state index contributed by atoms with van der Waals surface area (Å²) in [6.45, 7) is 4.07. The van der Waals surface area contributed by atoms with Crippen LogP contribution in [0.2, 0.25) is 0 Å². The summed E-state index contributed by atoms with van der Waals surface area (Å²) < 4.78 is 27.4. The van der Waals surface area contributed by atoms with Crippen LogP contribution in [0.3, 0.4) is 0 Å². The largest absolute Gasteiger partial charge is 0.345 e. The van der Waals surface area contributed by atoms with Crippen molar-refractivity contribution in [2.24, 2.45) is 5.92 Å². The summed E-state index contributed by atoms with van der Waals surface area (Å²) >= 11 is 0. The second-order valence-electron chi connectivity index (χ2n) is 5.66. The van der Waals surface area contributed by atoms with Crippen molar-refractivity contribution in [3.63, 3.8) is 0 Å². The number of nitrogens with one attached hydrogen (secondary N) is 1. The van der Waals surface area contributed by atoms with Crippen LogP contribution < -0.4 is 5.32 Å². The average molecular weight is 303 g/mol. The number of carbonyl (C=O) groups is 1. The van der Waals surface area contributed by atoms with E-state index in [0.29, 0.717) is 12.3 Å². The standard InChI is InChI=1S/C18H19F2NO/c1-12(2)11-16(13-7-4-3-5-8-13)21-18(22)17-14(19)9-6-10-15(17)20/h3-10,12,16H,11H2,1-2H3,(H,21,22). The lowest BCUT2D eigenvalue weighted by molar-refractivity contribution is 0.0923. The molecule has 0 saturated heterocycles. The van der Waals surface area contributed by atoms with E-state index in [1.807, 2.05) is 44.2 Å². The molecule has 0 aliphatic rings. The first-order valence-corrected chi connectivity index (χ1v) is 7.29. The monoisotopic (exact) mass is 303 g/mol. The van der Waals surface area contributed by atoms with E-state index in [-0.39, 0.29) is 6.04 Å². The Morgan fingerprint density at radius 2 is 1.59 bits per heavy atom. The van der Waals surface area contributed by atoms with E-state index in [1.165, 1.54) is 6.07 Å². The van der Waals surface area contributed by atoms with E-state index in [4.69, 9.17) is 0 Å². The van der Waals surface area contributed by atoms with E-state index >= 15 is 0 Å². The van der Waals surface area contributed by atoms with Crippen LogP contribution >= 0.6 is 0 Å². The number of rotatable bonds is 5. The van der Waals surface area contributed by atoms with Gasteiger partial charge in [-0.1, -0.05) is 50.2 Å². The Morgan fingerprint density at radius 1 is 1.00 bits per heavy atom. The zero-order chi connectivity index (χ0) is 16.1. The first kappa shape index (κ1) is 16.1. The van der Waals surface area contributed by atoms with E-state index < -0.39 is 23.1 Å². The van der Waals surface area contributed by atoms with Crippen LogP contribution in [0, 0.1) is 17.6 Å². The number of hydrogen-bond acceptors (Lipinski definition) is 1. The number of hydrogen-bond donors (Lipinski definition) is 1. The van der Waals surface area contributed by atoms with Crippen LogP contribution in [0.4, 0.5) is 8.78 Å². The van der Waals surface area contributed by atoms with E-state index in [0.717, 1.165) is 17.7 Å². The molecule has 2 rings (SSSR count). The van der Waals surface area contributed by atoms with Gasteiger partial charge < -0.3 is 5.32 Å². The Morgan fingerprint density at radius 3 is 2.14 bits per heavy atom. The molecule has 2 aromatic carbocycles. The Bertz CT molecular complexity index is 621. The van der Waals surface area contributed by atoms with Gasteiger partial charge in [-0.2, -0.15) is 0 Å². The normalized spacial score (nSPS) is 12.2. The van der Waals surface area contributed by atoms with Gasteiger partial charge in [-0.25, -0.2) is 8.78 Å². The second kappa shape index (κ2) is 7.16. The van der Waals surface area contributed by atoms with Gasteiger partial charge in [-0.3, -0.25) is 4.79 Å². The molecule has 0 fully saturated rings. The van der Waals surface area contributed by atoms with Crippen LogP contribution in [-0.2, 0) is 0 Å². The minimum atomic E-state index is -0.853. The summed E-state index contributed by atoms with van der Waals surface area (Å²) in [7, 11) is 0. The molecule has 0 radical (unpaired) electrons. The Kier molecular flexibility index (Phi) is 5.26. The lowest BCUT2D eigenvalue weighted by Crippen LogP contribution is -2.31. The van der Waals surface area contributed by atoms with Crippen LogP contribution in [0.25, 0.3) is 0 Å². The fourth-order valence-electron chi connectivity index (χ4n) is 2.38. The zero-order valence-corrected chi connectivity index (χ0v) is 12.6. The maximum absolute atomic E-state index is 13.7. The topological polar surface area (TPSA) is 29.1 Å². The lowest BCUT2D eigenvalue weighted by Gasteiger charge is -2.21. The van der Waals surface area contributed by atoms with Crippen molar-refractivity contribution < 1.29 is 13.6 Å². The summed E-state index contributed by atoms with van der Waals surface area (Å²) in [6.07, 6.45) is 0.686. The molecule has 2 nitrogen and oxygen atoms in total. The van der Waals surface area contributed by atoms with Crippen molar-refractivity contribution in [2.45, 2.75) is 26.3 Å². The third-order valence-electron chi connectivity index (χ3n) is 3.40. The van der Waals surface area contributed by atoms with Crippen LogP contribution in [-0.4, -0.2) is 5.91 Å². The number of halogens is 2. The quantitative estimate of drug-likeness (QED) is 0.867. The fraction of sp³-hybridized carbons (Fsp3) is 0.278. The summed E-state index contributed by atoms with van der Waals surface area (Å²) in [6, 6.07) is 12.5. The Labute approximate surface area is 129 Å². The first-order valence-electron chi connectivity index (χ1n) is 7.29. The lowest BCUT2D eigenvalue weighted by atomic mass is 9.96. The predicted molar refractivity (Wildman–Crippen MR) is 82.5 cm³/mol. The molecule has 22 heavy (non-hydrogen) atoms. The molecule has 0 saturated carbocycles. The number of amides is 1. The molecule has 2 aromatic rings. The van der Waals surface area contributed by atoms with Gasteiger partial charge in [0.2, 0.25) is 0 Å². The summed E-state index contributed by atoms with van der Waals surface area (Å²) in [4.78, 5) is 12.3. The molecular formula is C18H19F2NO. The van der Waals surface area contributed by atoms with Crippen molar-refractivity contribution in [2.75, 3.05) is 0 Å². The van der Waals surface area contributed by atoms with E-state index in [9.17, 15) is 13.6 Å². The fourth-order valence-corrected chi connectivity index (χ4v) is 2.38. The highest BCUT2D eigenvalue weighted by Crippen LogP contribution is 2.22. The van der Waals surface area contributed by atoms with Gasteiger partial charge >= 0.3 is 0 Å². The van der Waals surface area contributed by atoms with Crippen molar-refractivity contribution in [3.05, 3.63) is 71.3 Å². The molecule has 1 atom stereocenters. The van der Waals surface area contributed by atoms with Gasteiger partial charge in [0.15, 0.2) is 0 Å². The van der Waals surface area contributed by atoms with Gasteiger partial charge in [0, 0.05) is 0 Å².